The van der Waals surface area contributed by atoms with Crippen molar-refractivity contribution in [2.75, 3.05) is 12.8 Å². The number of aromatic nitrogens is 1. The van der Waals surface area contributed by atoms with Crippen LogP contribution in [0.1, 0.15) is 24.1 Å². The summed E-state index contributed by atoms with van der Waals surface area (Å²) in [5.74, 6) is 0.512. The van der Waals surface area contributed by atoms with Gasteiger partial charge in [-0.2, -0.15) is 17.9 Å². The van der Waals surface area contributed by atoms with Crippen molar-refractivity contribution < 1.29 is 26.3 Å². The number of rotatable bonds is 9. The fraction of sp³-hybridized carbons (Fsp3) is 0.389. The van der Waals surface area contributed by atoms with E-state index in [9.17, 15) is 21.6 Å². The molecule has 0 spiro atoms. The van der Waals surface area contributed by atoms with Crippen molar-refractivity contribution >= 4 is 10.0 Å². The summed E-state index contributed by atoms with van der Waals surface area (Å²) in [6, 6.07) is 8.64. The molecule has 0 bridgehead atoms. The predicted octanol–water partition coefficient (Wildman–Crippen LogP) is 2.79. The molecule has 0 aliphatic rings. The second-order valence-corrected chi connectivity index (χ2v) is 8.11. The highest BCUT2D eigenvalue weighted by molar-refractivity contribution is 7.88. The summed E-state index contributed by atoms with van der Waals surface area (Å²) in [5.41, 5.74) is 0.586. The number of nitrogens with one attached hydrogen (secondary N) is 2. The molecule has 1 heterocycles. The number of sulfonamides is 1. The van der Waals surface area contributed by atoms with Gasteiger partial charge in [-0.1, -0.05) is 30.3 Å². The lowest BCUT2D eigenvalue weighted by Gasteiger charge is -2.21. The molecule has 2 rings (SSSR count). The van der Waals surface area contributed by atoms with E-state index in [4.69, 9.17) is 4.74 Å². The van der Waals surface area contributed by atoms with Crippen LogP contribution in [0.4, 0.5) is 13.2 Å². The van der Waals surface area contributed by atoms with E-state index in [2.05, 4.69) is 10.3 Å². The third-order valence-corrected chi connectivity index (χ3v) is 4.36. The summed E-state index contributed by atoms with van der Waals surface area (Å²) in [7, 11) is -4.02. The van der Waals surface area contributed by atoms with Crippen LogP contribution in [-0.2, 0) is 16.6 Å². The van der Waals surface area contributed by atoms with Crippen LogP contribution in [-0.4, -0.2) is 38.5 Å². The number of pyridine rings is 1. The van der Waals surface area contributed by atoms with Crippen LogP contribution in [0.2, 0.25) is 0 Å². The zero-order valence-electron chi connectivity index (χ0n) is 15.4. The molecule has 0 fully saturated rings. The molecule has 0 aliphatic carbocycles. The Morgan fingerprint density at radius 2 is 1.82 bits per heavy atom. The van der Waals surface area contributed by atoms with Crippen LogP contribution in [0, 0.1) is 0 Å². The minimum atomic E-state index is -4.74. The van der Waals surface area contributed by atoms with Crippen molar-refractivity contribution in [3.05, 3.63) is 59.8 Å². The minimum Gasteiger partial charge on any atom is -0.473 e. The Balaban J connectivity index is 1.91. The number of nitrogens with zero attached hydrogens (tertiary/aromatic N) is 1. The van der Waals surface area contributed by atoms with E-state index in [1.807, 2.05) is 13.0 Å². The molecule has 28 heavy (non-hydrogen) atoms. The zero-order valence-corrected chi connectivity index (χ0v) is 16.2. The number of halogens is 3. The number of benzene rings is 1. The molecule has 0 amide bonds. The molecule has 2 N–H and O–H groups in total. The lowest BCUT2D eigenvalue weighted by atomic mass is 10.1. The van der Waals surface area contributed by atoms with Crippen molar-refractivity contribution in [2.45, 2.75) is 31.8 Å². The van der Waals surface area contributed by atoms with E-state index in [0.717, 1.165) is 5.56 Å². The van der Waals surface area contributed by atoms with Crippen molar-refractivity contribution in [2.24, 2.45) is 0 Å². The van der Waals surface area contributed by atoms with Gasteiger partial charge in [-0.25, -0.2) is 13.4 Å². The molecule has 2 atom stereocenters. The van der Waals surface area contributed by atoms with Crippen LogP contribution in [0.25, 0.3) is 0 Å². The highest BCUT2D eigenvalue weighted by atomic mass is 32.2. The van der Waals surface area contributed by atoms with Gasteiger partial charge in [0.05, 0.1) is 6.26 Å². The standard InChI is InChI=1S/C18H22F3N3O3S/c1-13(27-16-5-3-4-10-23-16)11-22-12-14-6-8-15(9-7-14)17(18(19,20)21)24-28(2,25)26/h3-10,13,17,22,24H,11-12H2,1-2H3/t13-,17+/m1/s1. The van der Waals surface area contributed by atoms with Gasteiger partial charge >= 0.3 is 6.18 Å². The van der Waals surface area contributed by atoms with Crippen molar-refractivity contribution in [3.8, 4) is 5.88 Å². The van der Waals surface area contributed by atoms with Crippen LogP contribution in [0.3, 0.4) is 0 Å². The average Bonchev–Trinajstić information content (AvgIpc) is 2.60. The average molecular weight is 417 g/mol. The fourth-order valence-electron chi connectivity index (χ4n) is 2.45. The van der Waals surface area contributed by atoms with Gasteiger partial charge in [0.25, 0.3) is 0 Å². The van der Waals surface area contributed by atoms with Crippen LogP contribution >= 0.6 is 0 Å². The smallest absolute Gasteiger partial charge is 0.408 e. The molecule has 10 heteroatoms. The maximum absolute atomic E-state index is 13.1. The van der Waals surface area contributed by atoms with Gasteiger partial charge in [0.2, 0.25) is 15.9 Å². The largest absolute Gasteiger partial charge is 0.473 e. The van der Waals surface area contributed by atoms with Crippen LogP contribution in [0.5, 0.6) is 5.88 Å². The lowest BCUT2D eigenvalue weighted by molar-refractivity contribution is -0.153. The summed E-state index contributed by atoms with van der Waals surface area (Å²) < 4.78 is 69.1. The van der Waals surface area contributed by atoms with Gasteiger partial charge < -0.3 is 10.1 Å². The number of hydrogen-bond donors (Lipinski definition) is 2. The van der Waals surface area contributed by atoms with E-state index < -0.39 is 22.2 Å². The van der Waals surface area contributed by atoms with Crippen LogP contribution in [0.15, 0.2) is 48.7 Å². The maximum Gasteiger partial charge on any atom is 0.408 e. The van der Waals surface area contributed by atoms with Gasteiger partial charge in [-0.15, -0.1) is 0 Å². The molecule has 0 saturated carbocycles. The van der Waals surface area contributed by atoms with Gasteiger partial charge in [0.1, 0.15) is 12.1 Å². The van der Waals surface area contributed by atoms with Crippen molar-refractivity contribution in [1.82, 2.24) is 15.0 Å². The summed E-state index contributed by atoms with van der Waals surface area (Å²) in [4.78, 5) is 4.07. The second-order valence-electron chi connectivity index (χ2n) is 6.33. The Labute approximate surface area is 162 Å². The first-order chi connectivity index (χ1) is 13.0. The Morgan fingerprint density at radius 1 is 1.14 bits per heavy atom. The molecule has 1 aromatic carbocycles. The molecule has 2 aromatic rings. The van der Waals surface area contributed by atoms with E-state index in [-0.39, 0.29) is 11.7 Å². The van der Waals surface area contributed by atoms with Crippen LogP contribution < -0.4 is 14.8 Å². The van der Waals surface area contributed by atoms with Gasteiger partial charge in [0.15, 0.2) is 0 Å². The highest BCUT2D eigenvalue weighted by Gasteiger charge is 2.42. The third-order valence-electron chi connectivity index (χ3n) is 3.69. The SMILES string of the molecule is C[C@H](CNCc1ccc([C@H](NS(C)(=O)=O)C(F)(F)F)cc1)Oc1ccccn1. The first kappa shape index (κ1) is 22.1. The van der Waals surface area contributed by atoms with Gasteiger partial charge in [-0.05, 0) is 24.1 Å². The molecule has 154 valence electrons. The number of ether oxygens (including phenoxy) is 1. The predicted molar refractivity (Wildman–Crippen MR) is 99.3 cm³/mol. The summed E-state index contributed by atoms with van der Waals surface area (Å²) in [6.07, 6.45) is -2.56. The second kappa shape index (κ2) is 9.35. The topological polar surface area (TPSA) is 80.3 Å². The lowest BCUT2D eigenvalue weighted by Crippen LogP contribution is -2.37. The molecule has 6 nitrogen and oxygen atoms in total. The molecule has 0 saturated heterocycles. The molecule has 0 radical (unpaired) electrons. The summed E-state index contributed by atoms with van der Waals surface area (Å²) in [6.45, 7) is 2.81. The quantitative estimate of drug-likeness (QED) is 0.656. The Hall–Kier alpha value is -2.17. The van der Waals surface area contributed by atoms with E-state index in [0.29, 0.717) is 25.2 Å². The molecule has 0 aliphatic heterocycles. The third kappa shape index (κ3) is 7.45. The summed E-state index contributed by atoms with van der Waals surface area (Å²) >= 11 is 0. The molecular weight excluding hydrogens is 395 g/mol. The monoisotopic (exact) mass is 417 g/mol. The first-order valence-electron chi connectivity index (χ1n) is 8.46. The molecule has 1 aromatic heterocycles. The van der Waals surface area contributed by atoms with Crippen molar-refractivity contribution in [1.29, 1.82) is 0 Å². The fourth-order valence-corrected chi connectivity index (χ4v) is 3.15. The van der Waals surface area contributed by atoms with E-state index in [1.54, 1.807) is 23.1 Å². The Bertz CT molecular complexity index is 844. The van der Waals surface area contributed by atoms with Crippen molar-refractivity contribution in [3.63, 3.8) is 0 Å². The Kier molecular flexibility index (Phi) is 7.39. The Morgan fingerprint density at radius 3 is 2.36 bits per heavy atom. The van der Waals surface area contributed by atoms with Gasteiger partial charge in [0, 0.05) is 25.4 Å². The van der Waals surface area contributed by atoms with E-state index >= 15 is 0 Å². The maximum atomic E-state index is 13.1. The normalized spacial score (nSPS) is 14.5. The number of alkyl halides is 3. The molecule has 0 unspecified atom stereocenters. The first-order valence-corrected chi connectivity index (χ1v) is 10.3. The minimum absolute atomic E-state index is 0.150. The zero-order chi connectivity index (χ0) is 20.8. The summed E-state index contributed by atoms with van der Waals surface area (Å²) in [5, 5.41) is 3.15. The van der Waals surface area contributed by atoms with Gasteiger partial charge in [-0.3, -0.25) is 0 Å². The van der Waals surface area contributed by atoms with E-state index in [1.165, 1.54) is 24.3 Å². The number of hydrogen-bond acceptors (Lipinski definition) is 5. The highest BCUT2D eigenvalue weighted by Crippen LogP contribution is 2.33. The molecular formula is C18H22F3N3O3S.